The fourth-order valence-corrected chi connectivity index (χ4v) is 2.61. The molecule has 1 aromatic heterocycles. The zero-order valence-corrected chi connectivity index (χ0v) is 11.5. The predicted octanol–water partition coefficient (Wildman–Crippen LogP) is 4.22. The summed E-state index contributed by atoms with van der Waals surface area (Å²) in [5, 5.41) is 3.45. The van der Waals surface area contributed by atoms with Crippen molar-refractivity contribution in [2.45, 2.75) is 33.4 Å². The van der Waals surface area contributed by atoms with Gasteiger partial charge in [-0.2, -0.15) is 0 Å². The summed E-state index contributed by atoms with van der Waals surface area (Å²) in [6, 6.07) is 13.7. The molecule has 0 fully saturated rings. The maximum Gasteiger partial charge on any atom is 0.0346 e. The number of hydrogen-bond acceptors (Lipinski definition) is 2. The van der Waals surface area contributed by atoms with Gasteiger partial charge < -0.3 is 5.32 Å². The fourth-order valence-electron chi connectivity index (χ4n) is 1.65. The van der Waals surface area contributed by atoms with Crippen molar-refractivity contribution in [3.05, 3.63) is 46.8 Å². The van der Waals surface area contributed by atoms with E-state index in [0.717, 1.165) is 6.54 Å². The number of benzene rings is 1. The van der Waals surface area contributed by atoms with Crippen LogP contribution in [0.5, 0.6) is 0 Å². The van der Waals surface area contributed by atoms with E-state index in [4.69, 9.17) is 0 Å². The van der Waals surface area contributed by atoms with Gasteiger partial charge in [0.1, 0.15) is 0 Å². The van der Waals surface area contributed by atoms with E-state index in [1.165, 1.54) is 20.9 Å². The third-order valence-electron chi connectivity index (χ3n) is 2.68. The van der Waals surface area contributed by atoms with Gasteiger partial charge in [0.05, 0.1) is 0 Å². The molecule has 17 heavy (non-hydrogen) atoms. The molecule has 1 N–H and O–H groups in total. The Kier molecular flexibility index (Phi) is 3.97. The maximum atomic E-state index is 3.45. The molecule has 1 aromatic carbocycles. The SMILES string of the molecule is Cc1ccc(-c2ccc(CNC(C)C)s2)cc1. The van der Waals surface area contributed by atoms with Crippen molar-refractivity contribution >= 4 is 11.3 Å². The van der Waals surface area contributed by atoms with Crippen LogP contribution in [-0.2, 0) is 6.54 Å². The van der Waals surface area contributed by atoms with E-state index in [-0.39, 0.29) is 0 Å². The molecule has 0 radical (unpaired) electrons. The van der Waals surface area contributed by atoms with Crippen molar-refractivity contribution < 1.29 is 0 Å². The molecule has 0 aliphatic heterocycles. The molecule has 2 rings (SSSR count). The first-order chi connectivity index (χ1) is 8.15. The Labute approximate surface area is 108 Å². The average Bonchev–Trinajstić information content (AvgIpc) is 2.76. The Morgan fingerprint density at radius 2 is 1.76 bits per heavy atom. The lowest BCUT2D eigenvalue weighted by Gasteiger charge is -2.05. The van der Waals surface area contributed by atoms with Gasteiger partial charge in [0.25, 0.3) is 0 Å². The summed E-state index contributed by atoms with van der Waals surface area (Å²) in [4.78, 5) is 2.75. The lowest BCUT2D eigenvalue weighted by atomic mass is 10.1. The first-order valence-electron chi connectivity index (χ1n) is 6.04. The lowest BCUT2D eigenvalue weighted by Crippen LogP contribution is -2.21. The van der Waals surface area contributed by atoms with Crippen LogP contribution in [0.1, 0.15) is 24.3 Å². The molecule has 0 unspecified atom stereocenters. The van der Waals surface area contributed by atoms with Crippen LogP contribution in [-0.4, -0.2) is 6.04 Å². The number of rotatable bonds is 4. The molecule has 0 bridgehead atoms. The molecule has 2 aromatic rings. The van der Waals surface area contributed by atoms with Crippen LogP contribution in [0.4, 0.5) is 0 Å². The second-order valence-electron chi connectivity index (χ2n) is 4.67. The number of hydrogen-bond donors (Lipinski definition) is 1. The van der Waals surface area contributed by atoms with Gasteiger partial charge in [0.2, 0.25) is 0 Å². The molecule has 0 spiro atoms. The minimum atomic E-state index is 0.542. The first kappa shape index (κ1) is 12.3. The van der Waals surface area contributed by atoms with Crippen molar-refractivity contribution in [2.24, 2.45) is 0 Å². The standard InChI is InChI=1S/C15H19NS/c1-11(2)16-10-14-8-9-15(17-14)13-6-4-12(3)5-7-13/h4-9,11,16H,10H2,1-3H3. The smallest absolute Gasteiger partial charge is 0.0346 e. The van der Waals surface area contributed by atoms with E-state index >= 15 is 0 Å². The zero-order valence-electron chi connectivity index (χ0n) is 10.7. The van der Waals surface area contributed by atoms with Gasteiger partial charge in [0, 0.05) is 22.3 Å². The Hall–Kier alpha value is -1.12. The van der Waals surface area contributed by atoms with Gasteiger partial charge in [-0.15, -0.1) is 11.3 Å². The Bertz CT molecular complexity index is 468. The molecule has 0 aliphatic rings. The molecule has 0 aliphatic carbocycles. The highest BCUT2D eigenvalue weighted by atomic mass is 32.1. The summed E-state index contributed by atoms with van der Waals surface area (Å²) >= 11 is 1.87. The molecule has 0 amide bonds. The van der Waals surface area contributed by atoms with Crippen LogP contribution in [0.2, 0.25) is 0 Å². The molecule has 0 saturated heterocycles. The summed E-state index contributed by atoms with van der Waals surface area (Å²) in [7, 11) is 0. The summed E-state index contributed by atoms with van der Waals surface area (Å²) in [5.74, 6) is 0. The van der Waals surface area contributed by atoms with Crippen molar-refractivity contribution in [1.82, 2.24) is 5.32 Å². The summed E-state index contributed by atoms with van der Waals surface area (Å²) < 4.78 is 0. The fraction of sp³-hybridized carbons (Fsp3) is 0.333. The highest BCUT2D eigenvalue weighted by Crippen LogP contribution is 2.28. The Morgan fingerprint density at radius 1 is 1.06 bits per heavy atom. The second kappa shape index (κ2) is 5.48. The Balaban J connectivity index is 2.10. The maximum absolute atomic E-state index is 3.45. The van der Waals surface area contributed by atoms with E-state index in [1.807, 2.05) is 11.3 Å². The van der Waals surface area contributed by atoms with Gasteiger partial charge in [-0.05, 0) is 24.6 Å². The van der Waals surface area contributed by atoms with Gasteiger partial charge in [-0.1, -0.05) is 43.7 Å². The minimum Gasteiger partial charge on any atom is -0.310 e. The van der Waals surface area contributed by atoms with Crippen molar-refractivity contribution in [2.75, 3.05) is 0 Å². The molecule has 0 atom stereocenters. The number of aryl methyl sites for hydroxylation is 1. The molecule has 90 valence electrons. The highest BCUT2D eigenvalue weighted by molar-refractivity contribution is 7.15. The third-order valence-corrected chi connectivity index (χ3v) is 3.82. The van der Waals surface area contributed by atoms with Crippen LogP contribution in [0.25, 0.3) is 10.4 Å². The normalized spacial score (nSPS) is 11.1. The summed E-state index contributed by atoms with van der Waals surface area (Å²) in [6.07, 6.45) is 0. The molecule has 2 heteroatoms. The quantitative estimate of drug-likeness (QED) is 0.850. The van der Waals surface area contributed by atoms with E-state index in [9.17, 15) is 0 Å². The van der Waals surface area contributed by atoms with Crippen molar-refractivity contribution in [3.63, 3.8) is 0 Å². The van der Waals surface area contributed by atoms with Gasteiger partial charge in [-0.3, -0.25) is 0 Å². The van der Waals surface area contributed by atoms with Crippen molar-refractivity contribution in [1.29, 1.82) is 0 Å². The van der Waals surface area contributed by atoms with E-state index < -0.39 is 0 Å². The van der Waals surface area contributed by atoms with E-state index in [1.54, 1.807) is 0 Å². The minimum absolute atomic E-state index is 0.542. The highest BCUT2D eigenvalue weighted by Gasteiger charge is 2.03. The van der Waals surface area contributed by atoms with Crippen LogP contribution >= 0.6 is 11.3 Å². The monoisotopic (exact) mass is 245 g/mol. The van der Waals surface area contributed by atoms with Crippen LogP contribution in [0.15, 0.2) is 36.4 Å². The number of thiophene rings is 1. The summed E-state index contributed by atoms with van der Waals surface area (Å²) in [6.45, 7) is 7.44. The molecular weight excluding hydrogens is 226 g/mol. The third kappa shape index (κ3) is 3.42. The average molecular weight is 245 g/mol. The number of nitrogens with one attached hydrogen (secondary N) is 1. The second-order valence-corrected chi connectivity index (χ2v) is 5.84. The van der Waals surface area contributed by atoms with Gasteiger partial charge in [-0.25, -0.2) is 0 Å². The van der Waals surface area contributed by atoms with Crippen LogP contribution < -0.4 is 5.32 Å². The topological polar surface area (TPSA) is 12.0 Å². The van der Waals surface area contributed by atoms with E-state index in [2.05, 4.69) is 62.5 Å². The van der Waals surface area contributed by atoms with Gasteiger partial charge in [0.15, 0.2) is 0 Å². The largest absolute Gasteiger partial charge is 0.310 e. The first-order valence-corrected chi connectivity index (χ1v) is 6.86. The van der Waals surface area contributed by atoms with Gasteiger partial charge >= 0.3 is 0 Å². The summed E-state index contributed by atoms with van der Waals surface area (Å²) in [5.41, 5.74) is 2.63. The molecular formula is C15H19NS. The van der Waals surface area contributed by atoms with E-state index in [0.29, 0.717) is 6.04 Å². The predicted molar refractivity (Wildman–Crippen MR) is 76.5 cm³/mol. The van der Waals surface area contributed by atoms with Crippen LogP contribution in [0.3, 0.4) is 0 Å². The molecule has 0 saturated carbocycles. The lowest BCUT2D eigenvalue weighted by molar-refractivity contribution is 0.593. The van der Waals surface area contributed by atoms with Crippen LogP contribution in [0, 0.1) is 6.92 Å². The molecule has 1 nitrogen and oxygen atoms in total. The van der Waals surface area contributed by atoms with Crippen molar-refractivity contribution in [3.8, 4) is 10.4 Å². The zero-order chi connectivity index (χ0) is 12.3. The Morgan fingerprint density at radius 3 is 2.41 bits per heavy atom. The molecule has 1 heterocycles.